The van der Waals surface area contributed by atoms with Gasteiger partial charge in [0.25, 0.3) is 6.01 Å². The van der Waals surface area contributed by atoms with Crippen molar-refractivity contribution < 1.29 is 14.3 Å². The Kier molecular flexibility index (Phi) is 3.20. The van der Waals surface area contributed by atoms with E-state index in [2.05, 4.69) is 16.2 Å². The van der Waals surface area contributed by atoms with Crippen LogP contribution < -0.4 is 5.32 Å². The van der Waals surface area contributed by atoms with Crippen LogP contribution in [0.1, 0.15) is 23.7 Å². The number of anilines is 1. The van der Waals surface area contributed by atoms with Gasteiger partial charge in [-0.25, -0.2) is 4.79 Å². The predicted octanol–water partition coefficient (Wildman–Crippen LogP) is 2.35. The number of aromatic carboxylic acids is 1. The monoisotopic (exact) mass is 244 g/mol. The highest BCUT2D eigenvalue weighted by molar-refractivity contribution is 5.92. The molecule has 5 nitrogen and oxygen atoms in total. The third-order valence-corrected chi connectivity index (χ3v) is 2.43. The van der Waals surface area contributed by atoms with Crippen molar-refractivity contribution in [2.45, 2.75) is 19.4 Å². The maximum Gasteiger partial charge on any atom is 0.335 e. The van der Waals surface area contributed by atoms with Gasteiger partial charge in [-0.1, -0.05) is 0 Å². The molecule has 1 aromatic carbocycles. The Morgan fingerprint density at radius 1 is 1.67 bits per heavy atom. The number of carboxylic acids is 1. The number of hydrogen-bond acceptors (Lipinski definition) is 4. The van der Waals surface area contributed by atoms with E-state index >= 15 is 0 Å². The minimum atomic E-state index is -0.997. The van der Waals surface area contributed by atoms with E-state index in [1.165, 1.54) is 12.1 Å². The van der Waals surface area contributed by atoms with Crippen LogP contribution in [0.4, 0.5) is 6.01 Å². The third kappa shape index (κ3) is 2.43. The van der Waals surface area contributed by atoms with Gasteiger partial charge in [0.1, 0.15) is 5.52 Å². The SMILES string of the molecule is C#CCC(C)Nc1nc2ccc(C(=O)O)cc2o1. The number of benzene rings is 1. The van der Waals surface area contributed by atoms with Crippen molar-refractivity contribution in [2.24, 2.45) is 0 Å². The van der Waals surface area contributed by atoms with Crippen molar-refractivity contribution in [1.29, 1.82) is 0 Å². The molecule has 5 heteroatoms. The van der Waals surface area contributed by atoms with Crippen LogP contribution in [0.2, 0.25) is 0 Å². The summed E-state index contributed by atoms with van der Waals surface area (Å²) in [5.41, 5.74) is 1.21. The molecule has 0 fully saturated rings. The average molecular weight is 244 g/mol. The van der Waals surface area contributed by atoms with Crippen LogP contribution in [0, 0.1) is 12.3 Å². The normalized spacial score (nSPS) is 12.0. The summed E-state index contributed by atoms with van der Waals surface area (Å²) in [4.78, 5) is 15.0. The number of fused-ring (bicyclic) bond motifs is 1. The first-order valence-electron chi connectivity index (χ1n) is 5.44. The van der Waals surface area contributed by atoms with E-state index in [1.54, 1.807) is 6.07 Å². The molecule has 1 atom stereocenters. The van der Waals surface area contributed by atoms with Gasteiger partial charge in [0.05, 0.1) is 5.56 Å². The van der Waals surface area contributed by atoms with E-state index in [9.17, 15) is 4.79 Å². The Hall–Kier alpha value is -2.48. The van der Waals surface area contributed by atoms with Gasteiger partial charge in [0, 0.05) is 12.5 Å². The summed E-state index contributed by atoms with van der Waals surface area (Å²) in [5.74, 6) is 1.54. The second kappa shape index (κ2) is 4.80. The highest BCUT2D eigenvalue weighted by Crippen LogP contribution is 2.21. The van der Waals surface area contributed by atoms with E-state index in [4.69, 9.17) is 15.9 Å². The van der Waals surface area contributed by atoms with E-state index in [1.807, 2.05) is 6.92 Å². The third-order valence-electron chi connectivity index (χ3n) is 2.43. The number of terminal acetylenes is 1. The molecule has 2 N–H and O–H groups in total. The molecule has 0 aliphatic carbocycles. The van der Waals surface area contributed by atoms with E-state index < -0.39 is 5.97 Å². The maximum absolute atomic E-state index is 10.8. The molecule has 1 heterocycles. The quantitative estimate of drug-likeness (QED) is 0.807. The zero-order valence-corrected chi connectivity index (χ0v) is 9.80. The Bertz CT molecular complexity index is 625. The zero-order valence-electron chi connectivity index (χ0n) is 9.80. The van der Waals surface area contributed by atoms with Gasteiger partial charge in [-0.3, -0.25) is 0 Å². The Morgan fingerprint density at radius 2 is 2.44 bits per heavy atom. The number of rotatable bonds is 4. The van der Waals surface area contributed by atoms with Crippen molar-refractivity contribution in [3.63, 3.8) is 0 Å². The molecule has 0 bridgehead atoms. The lowest BCUT2D eigenvalue weighted by molar-refractivity contribution is 0.0697. The molecule has 2 aromatic rings. The van der Waals surface area contributed by atoms with Crippen molar-refractivity contribution in [1.82, 2.24) is 4.98 Å². The van der Waals surface area contributed by atoms with Gasteiger partial charge in [-0.15, -0.1) is 12.3 Å². The standard InChI is InChI=1S/C13H12N2O3/c1-3-4-8(2)14-13-15-10-6-5-9(12(16)17)7-11(10)18-13/h1,5-8H,4H2,2H3,(H,14,15)(H,16,17). The molecular weight excluding hydrogens is 232 g/mol. The molecule has 0 aliphatic heterocycles. The molecule has 0 aliphatic rings. The van der Waals surface area contributed by atoms with E-state index in [-0.39, 0.29) is 11.6 Å². The number of carbonyl (C=O) groups is 1. The second-order valence-electron chi connectivity index (χ2n) is 3.96. The van der Waals surface area contributed by atoms with Crippen LogP contribution in [-0.2, 0) is 0 Å². The smallest absolute Gasteiger partial charge is 0.335 e. The van der Waals surface area contributed by atoms with Crippen molar-refractivity contribution in [3.05, 3.63) is 23.8 Å². The molecule has 92 valence electrons. The molecule has 0 saturated heterocycles. The summed E-state index contributed by atoms with van der Waals surface area (Å²) in [7, 11) is 0. The van der Waals surface area contributed by atoms with Gasteiger partial charge >= 0.3 is 5.97 Å². The fraction of sp³-hybridized carbons (Fsp3) is 0.231. The molecular formula is C13H12N2O3. The summed E-state index contributed by atoms with van der Waals surface area (Å²) in [6.45, 7) is 1.91. The average Bonchev–Trinajstić information content (AvgIpc) is 2.69. The Balaban J connectivity index is 2.27. The highest BCUT2D eigenvalue weighted by atomic mass is 16.4. The van der Waals surface area contributed by atoms with Crippen LogP contribution >= 0.6 is 0 Å². The maximum atomic E-state index is 10.8. The fourth-order valence-electron chi connectivity index (χ4n) is 1.56. The van der Waals surface area contributed by atoms with Crippen LogP contribution in [-0.4, -0.2) is 22.1 Å². The summed E-state index contributed by atoms with van der Waals surface area (Å²) in [6.07, 6.45) is 5.76. The Morgan fingerprint density at radius 3 is 3.11 bits per heavy atom. The molecule has 0 saturated carbocycles. The number of carboxylic acid groups (broad SMARTS) is 1. The molecule has 2 rings (SSSR count). The lowest BCUT2D eigenvalue weighted by atomic mass is 10.2. The number of oxazole rings is 1. The summed E-state index contributed by atoms with van der Waals surface area (Å²) in [5, 5.41) is 11.9. The van der Waals surface area contributed by atoms with Crippen LogP contribution in [0.15, 0.2) is 22.6 Å². The summed E-state index contributed by atoms with van der Waals surface area (Å²) in [6, 6.07) is 4.93. The summed E-state index contributed by atoms with van der Waals surface area (Å²) >= 11 is 0. The van der Waals surface area contributed by atoms with Gasteiger partial charge in [-0.2, -0.15) is 4.98 Å². The topological polar surface area (TPSA) is 75.4 Å². The van der Waals surface area contributed by atoms with Gasteiger partial charge in [0.2, 0.25) is 0 Å². The molecule has 1 aromatic heterocycles. The Labute approximate surface area is 104 Å². The van der Waals surface area contributed by atoms with Crippen molar-refractivity contribution in [2.75, 3.05) is 5.32 Å². The highest BCUT2D eigenvalue weighted by Gasteiger charge is 2.10. The molecule has 18 heavy (non-hydrogen) atoms. The largest absolute Gasteiger partial charge is 0.478 e. The van der Waals surface area contributed by atoms with E-state index in [0.29, 0.717) is 23.5 Å². The number of hydrogen-bond donors (Lipinski definition) is 2. The first kappa shape index (κ1) is 12.0. The molecule has 0 spiro atoms. The minimum Gasteiger partial charge on any atom is -0.478 e. The second-order valence-corrected chi connectivity index (χ2v) is 3.96. The van der Waals surface area contributed by atoms with Crippen molar-refractivity contribution >= 4 is 23.1 Å². The molecule has 0 amide bonds. The predicted molar refractivity (Wildman–Crippen MR) is 67.5 cm³/mol. The molecule has 1 unspecified atom stereocenters. The zero-order chi connectivity index (χ0) is 13.1. The lowest BCUT2D eigenvalue weighted by Gasteiger charge is -2.06. The van der Waals surface area contributed by atoms with Crippen LogP contribution in [0.25, 0.3) is 11.1 Å². The van der Waals surface area contributed by atoms with Crippen molar-refractivity contribution in [3.8, 4) is 12.3 Å². The molecule has 0 radical (unpaired) electrons. The fourth-order valence-corrected chi connectivity index (χ4v) is 1.56. The van der Waals surface area contributed by atoms with Gasteiger partial charge in [0.15, 0.2) is 5.58 Å². The summed E-state index contributed by atoms with van der Waals surface area (Å²) < 4.78 is 5.42. The van der Waals surface area contributed by atoms with Gasteiger partial charge in [-0.05, 0) is 25.1 Å². The first-order chi connectivity index (χ1) is 8.60. The van der Waals surface area contributed by atoms with Crippen LogP contribution in [0.5, 0.6) is 0 Å². The van der Waals surface area contributed by atoms with E-state index in [0.717, 1.165) is 0 Å². The minimum absolute atomic E-state index is 0.0435. The first-order valence-corrected chi connectivity index (χ1v) is 5.44. The number of aromatic nitrogens is 1. The number of nitrogens with zero attached hydrogens (tertiary/aromatic N) is 1. The van der Waals surface area contributed by atoms with Gasteiger partial charge < -0.3 is 14.8 Å². The van der Waals surface area contributed by atoms with Crippen LogP contribution in [0.3, 0.4) is 0 Å². The lowest BCUT2D eigenvalue weighted by Crippen LogP contribution is -2.13. The number of nitrogens with one attached hydrogen (secondary N) is 1.